The predicted molar refractivity (Wildman–Crippen MR) is 122 cm³/mol. The number of nitrogens with one attached hydrogen (secondary N) is 4. The Bertz CT molecular complexity index is 1120. The third kappa shape index (κ3) is 5.53. The van der Waals surface area contributed by atoms with Crippen LogP contribution in [0.2, 0.25) is 0 Å². The first-order valence-corrected chi connectivity index (χ1v) is 11.9. The van der Waals surface area contributed by atoms with E-state index in [4.69, 9.17) is 0 Å². The van der Waals surface area contributed by atoms with Crippen LogP contribution in [0.15, 0.2) is 22.7 Å². The zero-order chi connectivity index (χ0) is 23.5. The molecule has 2 heterocycles. The molecule has 174 valence electrons. The van der Waals surface area contributed by atoms with Gasteiger partial charge in [0.2, 0.25) is 11.8 Å². The van der Waals surface area contributed by atoms with Crippen LogP contribution in [0, 0.1) is 29.0 Å². The molecule has 33 heavy (non-hydrogen) atoms. The maximum Gasteiger partial charge on any atom is 0.271 e. The van der Waals surface area contributed by atoms with Crippen LogP contribution in [0.4, 0.5) is 4.39 Å². The van der Waals surface area contributed by atoms with E-state index < -0.39 is 29.7 Å². The zero-order valence-corrected chi connectivity index (χ0v) is 19.5. The van der Waals surface area contributed by atoms with Crippen LogP contribution < -0.4 is 16.0 Å². The number of carbonyl (C=O) groups is 3. The average Bonchev–Trinajstić information content (AvgIpc) is 3.55. The Labute approximate surface area is 198 Å². The number of H-pyrrole nitrogens is 1. The van der Waals surface area contributed by atoms with E-state index in [1.807, 2.05) is 6.07 Å². The molecule has 10 heteroatoms. The lowest BCUT2D eigenvalue weighted by atomic mass is 9.92. The molecule has 1 saturated heterocycles. The summed E-state index contributed by atoms with van der Waals surface area (Å²) in [5.74, 6) is -2.05. The number of rotatable bonds is 8. The topological polar surface area (TPSA) is 127 Å². The maximum atomic E-state index is 14.8. The third-order valence-electron chi connectivity index (χ3n) is 6.20. The van der Waals surface area contributed by atoms with Crippen LogP contribution in [-0.2, 0) is 9.59 Å². The Kier molecular flexibility index (Phi) is 6.98. The van der Waals surface area contributed by atoms with Crippen molar-refractivity contribution in [2.45, 2.75) is 50.6 Å². The minimum Gasteiger partial charge on any atom is -0.356 e. The Morgan fingerprint density at radius 2 is 2.03 bits per heavy atom. The number of hydrogen-bond acceptors (Lipinski definition) is 4. The van der Waals surface area contributed by atoms with Crippen molar-refractivity contribution < 1.29 is 18.8 Å². The van der Waals surface area contributed by atoms with E-state index >= 15 is 0 Å². The van der Waals surface area contributed by atoms with Gasteiger partial charge in [-0.1, -0.05) is 28.8 Å². The molecular formula is C23H25BrFN5O3. The van der Waals surface area contributed by atoms with Crippen LogP contribution in [0.3, 0.4) is 0 Å². The Morgan fingerprint density at radius 1 is 1.24 bits per heavy atom. The SMILES string of the molecule is N#C[C@H](C[C@@H]1CCCNC1=O)NC(=O)[C@H](CC1CC1)NC(=O)c1[nH]c2cc(Br)ccc2c1F. The Hall–Kier alpha value is -2.93. The Balaban J connectivity index is 1.45. The second-order valence-corrected chi connectivity index (χ2v) is 9.68. The number of fused-ring (bicyclic) bond motifs is 1. The molecular weight excluding hydrogens is 493 g/mol. The second kappa shape index (κ2) is 9.91. The summed E-state index contributed by atoms with van der Waals surface area (Å²) >= 11 is 3.32. The summed E-state index contributed by atoms with van der Waals surface area (Å²) in [6.07, 6.45) is 4.03. The van der Waals surface area contributed by atoms with Gasteiger partial charge in [0, 0.05) is 22.3 Å². The first-order valence-electron chi connectivity index (χ1n) is 11.1. The van der Waals surface area contributed by atoms with E-state index in [0.29, 0.717) is 30.8 Å². The van der Waals surface area contributed by atoms with Gasteiger partial charge in [0.1, 0.15) is 17.8 Å². The van der Waals surface area contributed by atoms with Gasteiger partial charge in [-0.15, -0.1) is 0 Å². The largest absolute Gasteiger partial charge is 0.356 e. The minimum absolute atomic E-state index is 0.112. The number of amides is 3. The number of carbonyl (C=O) groups excluding carboxylic acids is 3. The van der Waals surface area contributed by atoms with E-state index in [1.165, 1.54) is 0 Å². The highest BCUT2D eigenvalue weighted by Crippen LogP contribution is 2.34. The van der Waals surface area contributed by atoms with Crippen LogP contribution in [0.1, 0.15) is 49.0 Å². The van der Waals surface area contributed by atoms with Crippen molar-refractivity contribution in [3.05, 3.63) is 34.2 Å². The third-order valence-corrected chi connectivity index (χ3v) is 6.70. The molecule has 1 aromatic heterocycles. The summed E-state index contributed by atoms with van der Waals surface area (Å²) < 4.78 is 15.5. The number of nitrogens with zero attached hydrogens (tertiary/aromatic N) is 1. The lowest BCUT2D eigenvalue weighted by Crippen LogP contribution is -2.50. The molecule has 3 atom stereocenters. The van der Waals surface area contributed by atoms with Crippen LogP contribution in [0.25, 0.3) is 10.9 Å². The van der Waals surface area contributed by atoms with E-state index in [1.54, 1.807) is 18.2 Å². The van der Waals surface area contributed by atoms with Gasteiger partial charge < -0.3 is 20.9 Å². The van der Waals surface area contributed by atoms with Gasteiger partial charge in [-0.05, 0) is 49.8 Å². The number of piperidine rings is 1. The summed E-state index contributed by atoms with van der Waals surface area (Å²) in [6.45, 7) is 0.621. The van der Waals surface area contributed by atoms with E-state index in [0.717, 1.165) is 23.7 Å². The summed E-state index contributed by atoms with van der Waals surface area (Å²) in [5.41, 5.74) is 0.220. The predicted octanol–water partition coefficient (Wildman–Crippen LogP) is 2.89. The highest BCUT2D eigenvalue weighted by atomic mass is 79.9. The minimum atomic E-state index is -0.904. The highest BCUT2D eigenvalue weighted by Gasteiger charge is 2.33. The maximum absolute atomic E-state index is 14.8. The van der Waals surface area contributed by atoms with Crippen LogP contribution in [-0.4, -0.2) is 41.3 Å². The number of benzene rings is 1. The molecule has 0 unspecified atom stereocenters. The van der Waals surface area contributed by atoms with Gasteiger partial charge in [0.05, 0.1) is 11.6 Å². The van der Waals surface area contributed by atoms with Crippen LogP contribution in [0.5, 0.6) is 0 Å². The number of halogens is 2. The van der Waals surface area contributed by atoms with Gasteiger partial charge in [-0.2, -0.15) is 5.26 Å². The van der Waals surface area contributed by atoms with Crippen molar-refractivity contribution in [2.75, 3.05) is 6.54 Å². The molecule has 0 bridgehead atoms. The molecule has 1 aliphatic heterocycles. The van der Waals surface area contributed by atoms with Crippen molar-refractivity contribution in [3.63, 3.8) is 0 Å². The second-order valence-electron chi connectivity index (χ2n) is 8.77. The quantitative estimate of drug-likeness (QED) is 0.429. The van der Waals surface area contributed by atoms with Gasteiger partial charge in [-0.3, -0.25) is 14.4 Å². The van der Waals surface area contributed by atoms with Crippen molar-refractivity contribution in [1.82, 2.24) is 20.9 Å². The average molecular weight is 518 g/mol. The normalized spacial score (nSPS) is 19.9. The Morgan fingerprint density at radius 3 is 2.73 bits per heavy atom. The van der Waals surface area contributed by atoms with Crippen molar-refractivity contribution in [3.8, 4) is 6.07 Å². The lowest BCUT2D eigenvalue weighted by Gasteiger charge is -2.25. The lowest BCUT2D eigenvalue weighted by molar-refractivity contribution is -0.128. The fraction of sp³-hybridized carbons (Fsp3) is 0.478. The molecule has 1 aromatic carbocycles. The number of aromatic amines is 1. The standard InChI is InChI=1S/C23H25BrFN5O3/c24-14-5-6-16-17(10-14)29-20(19(16)25)23(33)30-18(8-12-3-4-12)22(32)28-15(11-26)9-13-2-1-7-27-21(13)31/h5-6,10,12-13,15,18,29H,1-4,7-9H2,(H,27,31)(H,28,32)(H,30,33)/t13-,15-,18-/m0/s1. The summed E-state index contributed by atoms with van der Waals surface area (Å²) in [7, 11) is 0. The van der Waals surface area contributed by atoms with Crippen molar-refractivity contribution in [1.29, 1.82) is 5.26 Å². The first-order chi connectivity index (χ1) is 15.9. The van der Waals surface area contributed by atoms with E-state index in [9.17, 15) is 24.0 Å². The highest BCUT2D eigenvalue weighted by molar-refractivity contribution is 9.10. The molecule has 8 nitrogen and oxygen atoms in total. The van der Waals surface area contributed by atoms with Gasteiger partial charge in [0.15, 0.2) is 5.82 Å². The smallest absolute Gasteiger partial charge is 0.271 e. The number of aromatic nitrogens is 1. The molecule has 1 aliphatic carbocycles. The molecule has 3 amide bonds. The number of hydrogen-bond donors (Lipinski definition) is 4. The fourth-order valence-corrected chi connectivity index (χ4v) is 4.56. The molecule has 2 fully saturated rings. The molecule has 0 spiro atoms. The van der Waals surface area contributed by atoms with E-state index in [2.05, 4.69) is 36.9 Å². The van der Waals surface area contributed by atoms with Crippen molar-refractivity contribution in [2.24, 2.45) is 11.8 Å². The van der Waals surface area contributed by atoms with Gasteiger partial charge >= 0.3 is 0 Å². The molecule has 0 radical (unpaired) electrons. The van der Waals surface area contributed by atoms with Crippen LogP contribution >= 0.6 is 15.9 Å². The molecule has 2 aromatic rings. The summed E-state index contributed by atoms with van der Waals surface area (Å²) in [6, 6.07) is 5.20. The van der Waals surface area contributed by atoms with Crippen molar-refractivity contribution >= 4 is 44.6 Å². The fourth-order valence-electron chi connectivity index (χ4n) is 4.20. The molecule has 4 rings (SSSR count). The van der Waals surface area contributed by atoms with E-state index in [-0.39, 0.29) is 29.3 Å². The first kappa shape index (κ1) is 23.2. The number of nitriles is 1. The molecule has 4 N–H and O–H groups in total. The molecule has 2 aliphatic rings. The summed E-state index contributed by atoms with van der Waals surface area (Å²) in [5, 5.41) is 17.9. The van der Waals surface area contributed by atoms with Gasteiger partial charge in [0.25, 0.3) is 5.91 Å². The van der Waals surface area contributed by atoms with Gasteiger partial charge in [-0.25, -0.2) is 4.39 Å². The zero-order valence-electron chi connectivity index (χ0n) is 17.9. The molecule has 1 saturated carbocycles. The monoisotopic (exact) mass is 517 g/mol. The summed E-state index contributed by atoms with van der Waals surface area (Å²) in [4.78, 5) is 40.6.